The van der Waals surface area contributed by atoms with Crippen molar-refractivity contribution in [1.29, 1.82) is 0 Å². The van der Waals surface area contributed by atoms with E-state index in [0.717, 1.165) is 13.1 Å². The molecule has 1 rings (SSSR count). The molecule has 1 amide bonds. The Morgan fingerprint density at radius 3 is 2.87 bits per heavy atom. The molecule has 0 aliphatic heterocycles. The lowest BCUT2D eigenvalue weighted by Crippen LogP contribution is -2.33. The average molecular weight is 209 g/mol. The maximum absolute atomic E-state index is 11.3. The van der Waals surface area contributed by atoms with Crippen LogP contribution in [0.5, 0.6) is 0 Å². The summed E-state index contributed by atoms with van der Waals surface area (Å²) in [4.78, 5) is 12.9. The smallest absolute Gasteiger partial charge is 0.236 e. The maximum Gasteiger partial charge on any atom is 0.236 e. The normalized spacial score (nSPS) is 10.3. The lowest BCUT2D eigenvalue weighted by Gasteiger charge is -2.11. The third-order valence-electron chi connectivity index (χ3n) is 2.35. The van der Waals surface area contributed by atoms with Gasteiger partial charge in [-0.25, -0.2) is 0 Å². The Labute approximate surface area is 90.9 Å². The van der Waals surface area contributed by atoms with Crippen LogP contribution in [0.2, 0.25) is 0 Å². The topological polar surface area (TPSA) is 37.3 Å². The van der Waals surface area contributed by atoms with E-state index in [1.807, 2.05) is 12.3 Å². The number of nitrogens with one attached hydrogen (secondary N) is 1. The lowest BCUT2D eigenvalue weighted by atomic mass is 10.4. The molecular formula is C11H19N3O. The first kappa shape index (κ1) is 11.8. The van der Waals surface area contributed by atoms with Gasteiger partial charge in [0.15, 0.2) is 0 Å². The molecule has 0 radical (unpaired) electrons. The van der Waals surface area contributed by atoms with Crippen LogP contribution >= 0.6 is 0 Å². The molecule has 0 unspecified atom stereocenters. The lowest BCUT2D eigenvalue weighted by molar-refractivity contribution is -0.127. The highest BCUT2D eigenvalue weighted by atomic mass is 16.2. The summed E-state index contributed by atoms with van der Waals surface area (Å²) in [6.45, 7) is 4.20. The average Bonchev–Trinajstić information content (AvgIpc) is 2.65. The number of hydrogen-bond donors (Lipinski definition) is 1. The van der Waals surface area contributed by atoms with Gasteiger partial charge >= 0.3 is 0 Å². The first-order valence-electron chi connectivity index (χ1n) is 5.20. The molecule has 4 heteroatoms. The Morgan fingerprint density at radius 1 is 1.53 bits per heavy atom. The van der Waals surface area contributed by atoms with Crippen molar-refractivity contribution in [2.24, 2.45) is 0 Å². The maximum atomic E-state index is 11.3. The molecule has 4 nitrogen and oxygen atoms in total. The van der Waals surface area contributed by atoms with Gasteiger partial charge in [-0.15, -0.1) is 0 Å². The molecule has 0 bridgehead atoms. The van der Waals surface area contributed by atoms with Crippen LogP contribution in [0.25, 0.3) is 0 Å². The standard InChI is InChI=1S/C11H19N3O/c1-4-14-7-5-6-10(14)8-12-9-11(15)13(2)3/h5-7,12H,4,8-9H2,1-3H3. The van der Waals surface area contributed by atoms with Crippen molar-refractivity contribution in [3.63, 3.8) is 0 Å². The Kier molecular flexibility index (Phi) is 4.37. The van der Waals surface area contributed by atoms with Crippen molar-refractivity contribution >= 4 is 5.91 Å². The third kappa shape index (κ3) is 3.40. The number of likely N-dealkylation sites (N-methyl/N-ethyl adjacent to an activating group) is 1. The molecule has 15 heavy (non-hydrogen) atoms. The van der Waals surface area contributed by atoms with E-state index in [0.29, 0.717) is 6.54 Å². The molecule has 1 N–H and O–H groups in total. The zero-order chi connectivity index (χ0) is 11.3. The van der Waals surface area contributed by atoms with Crippen molar-refractivity contribution < 1.29 is 4.79 Å². The highest BCUT2D eigenvalue weighted by Crippen LogP contribution is 2.01. The predicted octanol–water partition coefficient (Wildman–Crippen LogP) is 0.686. The summed E-state index contributed by atoms with van der Waals surface area (Å²) in [7, 11) is 3.53. The summed E-state index contributed by atoms with van der Waals surface area (Å²) in [6, 6.07) is 4.09. The van der Waals surface area contributed by atoms with E-state index in [1.165, 1.54) is 5.69 Å². The van der Waals surface area contributed by atoms with Crippen molar-refractivity contribution in [2.75, 3.05) is 20.6 Å². The highest BCUT2D eigenvalue weighted by Gasteiger charge is 2.03. The van der Waals surface area contributed by atoms with Gasteiger partial charge in [0, 0.05) is 39.1 Å². The van der Waals surface area contributed by atoms with E-state index in [1.54, 1.807) is 19.0 Å². The molecule has 0 spiro atoms. The number of aryl methyl sites for hydroxylation is 1. The van der Waals surface area contributed by atoms with Crippen LogP contribution in [0.3, 0.4) is 0 Å². The van der Waals surface area contributed by atoms with Crippen LogP contribution < -0.4 is 5.32 Å². The van der Waals surface area contributed by atoms with Crippen LogP contribution in [0.4, 0.5) is 0 Å². The molecule has 0 atom stereocenters. The summed E-state index contributed by atoms with van der Waals surface area (Å²) < 4.78 is 2.16. The van der Waals surface area contributed by atoms with E-state index in [-0.39, 0.29) is 5.91 Å². The van der Waals surface area contributed by atoms with Crippen LogP contribution in [0.1, 0.15) is 12.6 Å². The molecule has 0 fully saturated rings. The summed E-state index contributed by atoms with van der Waals surface area (Å²) in [5.74, 6) is 0.101. The van der Waals surface area contributed by atoms with Gasteiger partial charge in [-0.1, -0.05) is 0 Å². The van der Waals surface area contributed by atoms with Crippen LogP contribution in [-0.4, -0.2) is 36.0 Å². The van der Waals surface area contributed by atoms with Crippen molar-refractivity contribution in [3.8, 4) is 0 Å². The van der Waals surface area contributed by atoms with E-state index in [2.05, 4.69) is 22.9 Å². The SMILES string of the molecule is CCn1cccc1CNCC(=O)N(C)C. The second-order valence-electron chi connectivity index (χ2n) is 3.68. The highest BCUT2D eigenvalue weighted by molar-refractivity contribution is 5.77. The van der Waals surface area contributed by atoms with E-state index < -0.39 is 0 Å². The van der Waals surface area contributed by atoms with Gasteiger partial charge in [-0.05, 0) is 19.1 Å². The number of carbonyl (C=O) groups is 1. The van der Waals surface area contributed by atoms with E-state index in [4.69, 9.17) is 0 Å². The first-order chi connectivity index (χ1) is 7.15. The first-order valence-corrected chi connectivity index (χ1v) is 5.20. The summed E-state index contributed by atoms with van der Waals surface area (Å²) in [6.07, 6.45) is 2.05. The molecule has 1 aromatic heterocycles. The van der Waals surface area contributed by atoms with Crippen molar-refractivity contribution in [1.82, 2.24) is 14.8 Å². The quantitative estimate of drug-likeness (QED) is 0.774. The zero-order valence-corrected chi connectivity index (χ0v) is 9.66. The number of aromatic nitrogens is 1. The summed E-state index contributed by atoms with van der Waals surface area (Å²) in [5.41, 5.74) is 1.21. The monoisotopic (exact) mass is 209 g/mol. The van der Waals surface area contributed by atoms with Crippen LogP contribution in [0.15, 0.2) is 18.3 Å². The number of carbonyl (C=O) groups excluding carboxylic acids is 1. The molecule has 0 aliphatic carbocycles. The summed E-state index contributed by atoms with van der Waals surface area (Å²) in [5, 5.41) is 3.13. The second-order valence-corrected chi connectivity index (χ2v) is 3.68. The molecule has 1 heterocycles. The molecule has 84 valence electrons. The van der Waals surface area contributed by atoms with E-state index >= 15 is 0 Å². The molecule has 0 saturated carbocycles. The molecule has 1 aromatic rings. The van der Waals surface area contributed by atoms with Crippen molar-refractivity contribution in [2.45, 2.75) is 20.0 Å². The Balaban J connectivity index is 2.35. The van der Waals surface area contributed by atoms with Gasteiger partial charge in [-0.3, -0.25) is 4.79 Å². The van der Waals surface area contributed by atoms with Gasteiger partial charge < -0.3 is 14.8 Å². The Hall–Kier alpha value is -1.29. The van der Waals surface area contributed by atoms with Gasteiger partial charge in [0.05, 0.1) is 6.54 Å². The molecule has 0 saturated heterocycles. The van der Waals surface area contributed by atoms with Gasteiger partial charge in [0.2, 0.25) is 5.91 Å². The van der Waals surface area contributed by atoms with Crippen molar-refractivity contribution in [3.05, 3.63) is 24.0 Å². The predicted molar refractivity (Wildman–Crippen MR) is 60.5 cm³/mol. The minimum absolute atomic E-state index is 0.101. The number of rotatable bonds is 5. The van der Waals surface area contributed by atoms with Gasteiger partial charge in [0.1, 0.15) is 0 Å². The fourth-order valence-corrected chi connectivity index (χ4v) is 1.37. The van der Waals surface area contributed by atoms with Gasteiger partial charge in [0.25, 0.3) is 0 Å². The largest absolute Gasteiger partial charge is 0.351 e. The fourth-order valence-electron chi connectivity index (χ4n) is 1.37. The van der Waals surface area contributed by atoms with Crippen LogP contribution in [-0.2, 0) is 17.9 Å². The molecule has 0 aliphatic rings. The van der Waals surface area contributed by atoms with Crippen LogP contribution in [0, 0.1) is 0 Å². The number of hydrogen-bond acceptors (Lipinski definition) is 2. The number of amides is 1. The Morgan fingerprint density at radius 2 is 2.27 bits per heavy atom. The summed E-state index contributed by atoms with van der Waals surface area (Å²) >= 11 is 0. The molecule has 0 aromatic carbocycles. The third-order valence-corrected chi connectivity index (χ3v) is 2.35. The van der Waals surface area contributed by atoms with Gasteiger partial charge in [-0.2, -0.15) is 0 Å². The minimum Gasteiger partial charge on any atom is -0.351 e. The minimum atomic E-state index is 0.101. The number of nitrogens with zero attached hydrogens (tertiary/aromatic N) is 2. The Bertz CT molecular complexity index is 317. The van der Waals surface area contributed by atoms with E-state index in [9.17, 15) is 4.79 Å². The fraction of sp³-hybridized carbons (Fsp3) is 0.545. The second kappa shape index (κ2) is 5.56. The molecular weight excluding hydrogens is 190 g/mol. The zero-order valence-electron chi connectivity index (χ0n) is 9.66.